The summed E-state index contributed by atoms with van der Waals surface area (Å²) in [5, 5.41) is 7.64. The maximum Gasteiger partial charge on any atom is 0.315 e. The molecule has 0 saturated carbocycles. The number of ether oxygens (including phenoxy) is 1. The predicted molar refractivity (Wildman–Crippen MR) is 50.9 cm³/mol. The van der Waals surface area contributed by atoms with Crippen molar-refractivity contribution in [2.24, 2.45) is 22.0 Å². The number of nitrogens with zero attached hydrogens (tertiary/aromatic N) is 2. The molecule has 0 radical (unpaired) electrons. The summed E-state index contributed by atoms with van der Waals surface area (Å²) < 4.78 is 4.94. The van der Waals surface area contributed by atoms with Crippen molar-refractivity contribution in [3.63, 3.8) is 0 Å². The molecule has 0 bridgehead atoms. The Morgan fingerprint density at radius 1 is 1.69 bits per heavy atom. The van der Waals surface area contributed by atoms with Crippen molar-refractivity contribution in [1.82, 2.24) is 0 Å². The van der Waals surface area contributed by atoms with Crippen molar-refractivity contribution in [3.8, 4) is 0 Å². The van der Waals surface area contributed by atoms with E-state index in [1.807, 2.05) is 6.92 Å². The number of hydrogen-bond donors (Lipinski definition) is 0. The molecule has 13 heavy (non-hydrogen) atoms. The van der Waals surface area contributed by atoms with Crippen molar-refractivity contribution < 1.29 is 9.53 Å². The smallest absolute Gasteiger partial charge is 0.315 e. The average molecular weight is 182 g/mol. The lowest BCUT2D eigenvalue weighted by Crippen LogP contribution is -2.32. The van der Waals surface area contributed by atoms with Crippen molar-refractivity contribution in [3.05, 3.63) is 0 Å². The highest BCUT2D eigenvalue weighted by atomic mass is 16.5. The molecule has 2 unspecified atom stereocenters. The van der Waals surface area contributed by atoms with E-state index in [0.29, 0.717) is 6.61 Å². The molecular formula is C9H14N2O2. The van der Waals surface area contributed by atoms with Gasteiger partial charge in [-0.1, -0.05) is 6.92 Å². The van der Waals surface area contributed by atoms with Crippen LogP contribution < -0.4 is 0 Å². The lowest BCUT2D eigenvalue weighted by atomic mass is 9.90. The minimum Gasteiger partial charge on any atom is -0.465 e. The highest BCUT2D eigenvalue weighted by molar-refractivity contribution is 6.04. The first-order chi connectivity index (χ1) is 6.16. The molecule has 0 saturated heterocycles. The third-order valence-corrected chi connectivity index (χ3v) is 2.03. The maximum atomic E-state index is 11.5. The van der Waals surface area contributed by atoms with E-state index < -0.39 is 0 Å². The summed E-state index contributed by atoms with van der Waals surface area (Å²) in [5.41, 5.74) is 0.730. The van der Waals surface area contributed by atoms with Gasteiger partial charge < -0.3 is 4.74 Å². The molecule has 0 aromatic rings. The second-order valence-electron chi connectivity index (χ2n) is 3.09. The Hall–Kier alpha value is -1.19. The summed E-state index contributed by atoms with van der Waals surface area (Å²) in [6, 6.07) is 0. The lowest BCUT2D eigenvalue weighted by molar-refractivity contribution is -0.146. The molecule has 0 N–H and O–H groups in total. The molecule has 1 rings (SSSR count). The van der Waals surface area contributed by atoms with Gasteiger partial charge in [0.1, 0.15) is 5.92 Å². The molecule has 1 aliphatic heterocycles. The van der Waals surface area contributed by atoms with Crippen LogP contribution in [-0.2, 0) is 9.53 Å². The highest BCUT2D eigenvalue weighted by Gasteiger charge is 2.30. The van der Waals surface area contributed by atoms with Gasteiger partial charge in [0.05, 0.1) is 12.3 Å². The summed E-state index contributed by atoms with van der Waals surface area (Å²) in [7, 11) is 0. The van der Waals surface area contributed by atoms with Crippen LogP contribution in [0.5, 0.6) is 0 Å². The Bertz CT molecular complexity index is 258. The maximum absolute atomic E-state index is 11.5. The molecule has 0 aromatic carbocycles. The van der Waals surface area contributed by atoms with Crippen LogP contribution in [0.3, 0.4) is 0 Å². The molecule has 4 nitrogen and oxygen atoms in total. The van der Waals surface area contributed by atoms with Crippen LogP contribution in [-0.4, -0.2) is 24.5 Å². The highest BCUT2D eigenvalue weighted by Crippen LogP contribution is 2.17. The number of carbonyl (C=O) groups is 1. The van der Waals surface area contributed by atoms with Crippen LogP contribution in [0.4, 0.5) is 0 Å². The van der Waals surface area contributed by atoms with E-state index >= 15 is 0 Å². The molecule has 0 fully saturated rings. The third-order valence-electron chi connectivity index (χ3n) is 2.03. The van der Waals surface area contributed by atoms with E-state index in [1.165, 1.54) is 0 Å². The fraction of sp³-hybridized carbons (Fsp3) is 0.667. The number of hydrogen-bond acceptors (Lipinski definition) is 4. The van der Waals surface area contributed by atoms with Crippen LogP contribution in [0.2, 0.25) is 0 Å². The fourth-order valence-corrected chi connectivity index (χ4v) is 1.38. The second-order valence-corrected chi connectivity index (χ2v) is 3.09. The summed E-state index contributed by atoms with van der Waals surface area (Å²) in [6.45, 7) is 5.94. The minimum atomic E-state index is -0.252. The van der Waals surface area contributed by atoms with E-state index in [9.17, 15) is 4.79 Å². The van der Waals surface area contributed by atoms with E-state index in [-0.39, 0.29) is 17.8 Å². The van der Waals surface area contributed by atoms with Crippen molar-refractivity contribution in [1.29, 1.82) is 0 Å². The molecule has 2 atom stereocenters. The molecule has 0 aliphatic carbocycles. The molecule has 1 heterocycles. The van der Waals surface area contributed by atoms with E-state index in [4.69, 9.17) is 4.74 Å². The molecule has 4 heteroatoms. The first-order valence-corrected chi connectivity index (χ1v) is 4.41. The summed E-state index contributed by atoms with van der Waals surface area (Å²) >= 11 is 0. The molecule has 0 amide bonds. The van der Waals surface area contributed by atoms with Crippen LogP contribution in [0.15, 0.2) is 10.2 Å². The quantitative estimate of drug-likeness (QED) is 0.604. The molecule has 1 aliphatic rings. The zero-order valence-electron chi connectivity index (χ0n) is 8.15. The zero-order chi connectivity index (χ0) is 9.84. The van der Waals surface area contributed by atoms with Crippen molar-refractivity contribution in [2.75, 3.05) is 6.61 Å². The van der Waals surface area contributed by atoms with Crippen LogP contribution in [0, 0.1) is 11.8 Å². The van der Waals surface area contributed by atoms with Gasteiger partial charge in [-0.3, -0.25) is 4.79 Å². The normalized spacial score (nSPS) is 26.8. The Morgan fingerprint density at radius 3 is 2.92 bits per heavy atom. The number of rotatable bonds is 2. The molecule has 0 spiro atoms. The topological polar surface area (TPSA) is 51.0 Å². The Balaban J connectivity index is 2.73. The minimum absolute atomic E-state index is 0.0801. The van der Waals surface area contributed by atoms with Gasteiger partial charge in [0.2, 0.25) is 0 Å². The standard InChI is InChI=1S/C9H14N2O2/c1-4-13-9(12)8-6(2)5-10-11-7(8)3/h5-6,8H,4H2,1-3H3. The fourth-order valence-electron chi connectivity index (χ4n) is 1.38. The monoisotopic (exact) mass is 182 g/mol. The molecule has 0 aromatic heterocycles. The van der Waals surface area contributed by atoms with Gasteiger partial charge in [-0.2, -0.15) is 10.2 Å². The first kappa shape index (κ1) is 9.89. The summed E-state index contributed by atoms with van der Waals surface area (Å²) in [5.74, 6) is -0.378. The lowest BCUT2D eigenvalue weighted by Gasteiger charge is -2.20. The van der Waals surface area contributed by atoms with Gasteiger partial charge in [-0.25, -0.2) is 0 Å². The third kappa shape index (κ3) is 2.14. The molecular weight excluding hydrogens is 168 g/mol. The Morgan fingerprint density at radius 2 is 2.38 bits per heavy atom. The van der Waals surface area contributed by atoms with Gasteiger partial charge in [0.25, 0.3) is 0 Å². The van der Waals surface area contributed by atoms with Gasteiger partial charge in [0, 0.05) is 12.1 Å². The van der Waals surface area contributed by atoms with Gasteiger partial charge in [-0.05, 0) is 13.8 Å². The van der Waals surface area contributed by atoms with Crippen molar-refractivity contribution >= 4 is 17.9 Å². The SMILES string of the molecule is CCOC(=O)C1C(C)=NN=CC1C. The van der Waals surface area contributed by atoms with Gasteiger partial charge in [0.15, 0.2) is 0 Å². The van der Waals surface area contributed by atoms with Crippen molar-refractivity contribution in [2.45, 2.75) is 20.8 Å². The van der Waals surface area contributed by atoms with Crippen LogP contribution >= 0.6 is 0 Å². The van der Waals surface area contributed by atoms with E-state index in [1.54, 1.807) is 20.1 Å². The van der Waals surface area contributed by atoms with E-state index in [2.05, 4.69) is 10.2 Å². The Labute approximate surface area is 77.7 Å². The zero-order valence-corrected chi connectivity index (χ0v) is 8.15. The number of esters is 1. The predicted octanol–water partition coefficient (Wildman–Crippen LogP) is 1.26. The summed E-state index contributed by atoms with van der Waals surface area (Å²) in [6.07, 6.45) is 1.68. The Kier molecular flexibility index (Phi) is 3.17. The van der Waals surface area contributed by atoms with Gasteiger partial charge >= 0.3 is 5.97 Å². The van der Waals surface area contributed by atoms with E-state index in [0.717, 1.165) is 5.71 Å². The average Bonchev–Trinajstić information content (AvgIpc) is 2.04. The summed E-state index contributed by atoms with van der Waals surface area (Å²) in [4.78, 5) is 11.5. The largest absolute Gasteiger partial charge is 0.465 e. The van der Waals surface area contributed by atoms with Crippen LogP contribution in [0.1, 0.15) is 20.8 Å². The van der Waals surface area contributed by atoms with Crippen LogP contribution in [0.25, 0.3) is 0 Å². The number of carbonyl (C=O) groups excluding carboxylic acids is 1. The molecule has 72 valence electrons. The first-order valence-electron chi connectivity index (χ1n) is 4.41. The van der Waals surface area contributed by atoms with Gasteiger partial charge in [-0.15, -0.1) is 0 Å². The second kappa shape index (κ2) is 4.16.